The highest BCUT2D eigenvalue weighted by molar-refractivity contribution is 6.74. The lowest BCUT2D eigenvalue weighted by Gasteiger charge is -2.57. The standard InChI is InChI=1S/C31H40O3Si/c1-30(2,3)35(4,5)34-28-17-22(7-6-21-8-11-26(12-9-21)29(32)33)10-13-27(28)31-18-23-14-24(19-31)16-25(15-23)20-31/h6-13,17,23-25H,14-16,18-20H2,1-5H3,(H,32,33). The van der Waals surface area contributed by atoms with Crippen LogP contribution in [0.1, 0.15) is 86.3 Å². The lowest BCUT2D eigenvalue weighted by Crippen LogP contribution is -2.49. The van der Waals surface area contributed by atoms with Crippen LogP contribution in [0.2, 0.25) is 18.1 Å². The van der Waals surface area contributed by atoms with Crippen molar-refractivity contribution < 1.29 is 14.3 Å². The number of aromatic carboxylic acids is 1. The summed E-state index contributed by atoms with van der Waals surface area (Å²) in [6.07, 6.45) is 12.5. The molecule has 6 rings (SSSR count). The number of benzene rings is 2. The Labute approximate surface area is 211 Å². The summed E-state index contributed by atoms with van der Waals surface area (Å²) in [4.78, 5) is 11.1. The van der Waals surface area contributed by atoms with Crippen LogP contribution in [0.25, 0.3) is 12.2 Å². The van der Waals surface area contributed by atoms with Gasteiger partial charge in [0.2, 0.25) is 8.32 Å². The Morgan fingerprint density at radius 1 is 0.914 bits per heavy atom. The lowest BCUT2D eigenvalue weighted by atomic mass is 9.48. The van der Waals surface area contributed by atoms with Crippen LogP contribution in [0, 0.1) is 17.8 Å². The van der Waals surface area contributed by atoms with Crippen LogP contribution in [0.15, 0.2) is 42.5 Å². The minimum absolute atomic E-state index is 0.142. The van der Waals surface area contributed by atoms with Crippen molar-refractivity contribution in [2.45, 2.75) is 82.8 Å². The Balaban J connectivity index is 1.50. The molecule has 186 valence electrons. The minimum Gasteiger partial charge on any atom is -0.543 e. The molecule has 0 spiro atoms. The van der Waals surface area contributed by atoms with Crippen LogP contribution >= 0.6 is 0 Å². The summed E-state index contributed by atoms with van der Waals surface area (Å²) in [6, 6.07) is 13.9. The number of hydrogen-bond acceptors (Lipinski definition) is 2. The van der Waals surface area contributed by atoms with Gasteiger partial charge in [0, 0.05) is 0 Å². The third kappa shape index (κ3) is 4.74. The SMILES string of the molecule is CC(C)(C)[Si](C)(C)Oc1cc(C=Cc2ccc(C(=O)O)cc2)ccc1C12CC3CC(CC(C3)C1)C2. The topological polar surface area (TPSA) is 46.5 Å². The Morgan fingerprint density at radius 3 is 1.94 bits per heavy atom. The molecule has 0 amide bonds. The van der Waals surface area contributed by atoms with E-state index < -0.39 is 14.3 Å². The van der Waals surface area contributed by atoms with E-state index >= 15 is 0 Å². The molecule has 2 aromatic carbocycles. The van der Waals surface area contributed by atoms with Crippen LogP contribution in [0.4, 0.5) is 0 Å². The Kier molecular flexibility index (Phi) is 6.02. The number of rotatable bonds is 6. The zero-order chi connectivity index (χ0) is 25.0. The van der Waals surface area contributed by atoms with Gasteiger partial charge in [0.05, 0.1) is 5.56 Å². The van der Waals surface area contributed by atoms with E-state index in [2.05, 4.69) is 64.2 Å². The van der Waals surface area contributed by atoms with Gasteiger partial charge in [0.15, 0.2) is 0 Å². The Bertz CT molecular complexity index is 1100. The van der Waals surface area contributed by atoms with Crippen molar-refractivity contribution in [1.29, 1.82) is 0 Å². The second-order valence-corrected chi connectivity index (χ2v) is 17.8. The van der Waals surface area contributed by atoms with Crippen LogP contribution in [-0.4, -0.2) is 19.4 Å². The van der Waals surface area contributed by atoms with E-state index in [4.69, 9.17) is 9.53 Å². The maximum atomic E-state index is 11.1. The quantitative estimate of drug-likeness (QED) is 0.328. The molecule has 0 aliphatic heterocycles. The summed E-state index contributed by atoms with van der Waals surface area (Å²) in [7, 11) is -2.00. The second kappa shape index (κ2) is 8.65. The first-order valence-electron chi connectivity index (χ1n) is 13.3. The van der Waals surface area contributed by atoms with Crippen molar-refractivity contribution in [2.24, 2.45) is 17.8 Å². The summed E-state index contributed by atoms with van der Waals surface area (Å²) in [5.74, 6) is 2.91. The predicted octanol–water partition coefficient (Wildman–Crippen LogP) is 8.41. The smallest absolute Gasteiger partial charge is 0.335 e. The molecule has 35 heavy (non-hydrogen) atoms. The van der Waals surface area contributed by atoms with Crippen molar-refractivity contribution in [1.82, 2.24) is 0 Å². The average molecular weight is 489 g/mol. The van der Waals surface area contributed by atoms with Gasteiger partial charge < -0.3 is 9.53 Å². The van der Waals surface area contributed by atoms with Gasteiger partial charge in [0.25, 0.3) is 0 Å². The highest BCUT2D eigenvalue weighted by Gasteiger charge is 2.53. The molecule has 4 aliphatic rings. The molecular weight excluding hydrogens is 448 g/mol. The highest BCUT2D eigenvalue weighted by atomic mass is 28.4. The number of carboxylic acid groups (broad SMARTS) is 1. The molecular formula is C31H40O3Si. The maximum Gasteiger partial charge on any atom is 0.335 e. The molecule has 4 fully saturated rings. The van der Waals surface area contributed by atoms with E-state index in [9.17, 15) is 4.79 Å². The molecule has 0 aromatic heterocycles. The Morgan fingerprint density at radius 2 is 1.43 bits per heavy atom. The van der Waals surface area contributed by atoms with Gasteiger partial charge in [-0.15, -0.1) is 0 Å². The molecule has 0 saturated heterocycles. The highest BCUT2D eigenvalue weighted by Crippen LogP contribution is 2.62. The molecule has 0 atom stereocenters. The maximum absolute atomic E-state index is 11.1. The van der Waals surface area contributed by atoms with Gasteiger partial charge in [-0.3, -0.25) is 0 Å². The van der Waals surface area contributed by atoms with Crippen molar-refractivity contribution >= 4 is 26.4 Å². The van der Waals surface area contributed by atoms with E-state index in [1.54, 1.807) is 12.1 Å². The number of carboxylic acids is 1. The van der Waals surface area contributed by atoms with E-state index in [0.29, 0.717) is 11.0 Å². The molecule has 1 N–H and O–H groups in total. The van der Waals surface area contributed by atoms with E-state index in [-0.39, 0.29) is 5.04 Å². The van der Waals surface area contributed by atoms with E-state index in [1.165, 1.54) is 44.1 Å². The number of carbonyl (C=O) groups is 1. The van der Waals surface area contributed by atoms with Crippen molar-refractivity contribution in [2.75, 3.05) is 0 Å². The first-order chi connectivity index (χ1) is 16.4. The van der Waals surface area contributed by atoms with Crippen molar-refractivity contribution in [3.63, 3.8) is 0 Å². The fourth-order valence-corrected chi connectivity index (χ4v) is 7.99. The molecule has 4 saturated carbocycles. The predicted molar refractivity (Wildman–Crippen MR) is 146 cm³/mol. The monoisotopic (exact) mass is 488 g/mol. The summed E-state index contributed by atoms with van der Waals surface area (Å²) < 4.78 is 7.06. The molecule has 4 heteroatoms. The molecule has 3 nitrogen and oxygen atoms in total. The number of hydrogen-bond donors (Lipinski definition) is 1. The largest absolute Gasteiger partial charge is 0.543 e. The zero-order valence-corrected chi connectivity index (χ0v) is 22.9. The third-order valence-corrected chi connectivity index (χ3v) is 13.8. The van der Waals surface area contributed by atoms with Crippen LogP contribution in [-0.2, 0) is 5.41 Å². The van der Waals surface area contributed by atoms with Crippen LogP contribution in [0.3, 0.4) is 0 Å². The van der Waals surface area contributed by atoms with Crippen LogP contribution < -0.4 is 4.43 Å². The van der Waals surface area contributed by atoms with Gasteiger partial charge in [0.1, 0.15) is 5.75 Å². The zero-order valence-electron chi connectivity index (χ0n) is 21.9. The summed E-state index contributed by atoms with van der Waals surface area (Å²) in [5.41, 5.74) is 4.19. The summed E-state index contributed by atoms with van der Waals surface area (Å²) >= 11 is 0. The van der Waals surface area contributed by atoms with Gasteiger partial charge >= 0.3 is 5.97 Å². The van der Waals surface area contributed by atoms with Gasteiger partial charge in [-0.1, -0.05) is 57.2 Å². The molecule has 0 heterocycles. The fraction of sp³-hybridized carbons (Fsp3) is 0.516. The molecule has 4 aliphatic carbocycles. The molecule has 0 unspecified atom stereocenters. The van der Waals surface area contributed by atoms with Gasteiger partial charge in [-0.05, 0) is 115 Å². The van der Waals surface area contributed by atoms with E-state index in [1.807, 2.05) is 12.1 Å². The van der Waals surface area contributed by atoms with Crippen LogP contribution in [0.5, 0.6) is 5.75 Å². The first-order valence-corrected chi connectivity index (χ1v) is 16.2. The summed E-state index contributed by atoms with van der Waals surface area (Å²) in [5, 5.41) is 9.29. The first kappa shape index (κ1) is 24.4. The Hall–Kier alpha value is -2.33. The van der Waals surface area contributed by atoms with Gasteiger partial charge in [-0.2, -0.15) is 0 Å². The van der Waals surface area contributed by atoms with Crippen molar-refractivity contribution in [3.8, 4) is 5.75 Å². The molecule has 0 radical (unpaired) electrons. The summed E-state index contributed by atoms with van der Waals surface area (Å²) in [6.45, 7) is 11.6. The minimum atomic E-state index is -2.00. The molecule has 4 bridgehead atoms. The lowest BCUT2D eigenvalue weighted by molar-refractivity contribution is -0.00586. The fourth-order valence-electron chi connectivity index (χ4n) is 6.96. The van der Waals surface area contributed by atoms with Crippen molar-refractivity contribution in [3.05, 3.63) is 64.7 Å². The molecule has 2 aromatic rings. The second-order valence-electron chi connectivity index (χ2n) is 13.1. The van der Waals surface area contributed by atoms with E-state index in [0.717, 1.165) is 34.6 Å². The normalized spacial score (nSPS) is 28.0. The van der Waals surface area contributed by atoms with Gasteiger partial charge in [-0.25, -0.2) is 4.79 Å². The third-order valence-electron chi connectivity index (χ3n) is 9.41. The average Bonchev–Trinajstić information content (AvgIpc) is 2.76.